The number of nitrogens with zero attached hydrogens (tertiary/aromatic N) is 2. The van der Waals surface area contributed by atoms with Crippen molar-refractivity contribution in [1.82, 2.24) is 14.5 Å². The first-order valence-corrected chi connectivity index (χ1v) is 15.2. The predicted octanol–water partition coefficient (Wildman–Crippen LogP) is 4.14. The van der Waals surface area contributed by atoms with E-state index in [1.807, 2.05) is 48.5 Å². The number of aryl methyl sites for hydroxylation is 1. The maximum absolute atomic E-state index is 13.7. The van der Waals surface area contributed by atoms with E-state index < -0.39 is 53.4 Å². The molecular formula is C34H37N5O7. The van der Waals surface area contributed by atoms with Crippen LogP contribution in [0, 0.1) is 6.92 Å². The molecular weight excluding hydrogens is 590 g/mol. The van der Waals surface area contributed by atoms with Gasteiger partial charge in [-0.2, -0.15) is 0 Å². The first-order valence-electron chi connectivity index (χ1n) is 15.2. The van der Waals surface area contributed by atoms with Crippen molar-refractivity contribution in [2.45, 2.75) is 71.4 Å². The van der Waals surface area contributed by atoms with Crippen LogP contribution in [-0.2, 0) is 14.3 Å². The molecule has 0 spiro atoms. The molecule has 0 saturated carbocycles. The standard InChI is InChI=1S/C34H37N5O7/c1-5-28(32(43)36-25-16-29(40)46-30(41)17-25)39-33(44)27(18-38(19(2)3)34(39)45)37-31(42)26-13-12-23(14-20(26)4)35-24-11-10-21-8-6-7-9-22(21)15-24/h6-15,18-19,25,28-29,35,40H,5,16-17H2,1-4H3,(H,36,43)(H,37,42)/t25-,28?,29?/m1/s1. The van der Waals surface area contributed by atoms with Crippen molar-refractivity contribution in [2.24, 2.45) is 0 Å². The minimum absolute atomic E-state index is 0.0228. The Morgan fingerprint density at radius 2 is 1.70 bits per heavy atom. The fraction of sp³-hybridized carbons (Fsp3) is 0.324. The van der Waals surface area contributed by atoms with Crippen molar-refractivity contribution in [2.75, 3.05) is 10.6 Å². The minimum Gasteiger partial charge on any atom is -0.436 e. The van der Waals surface area contributed by atoms with Crippen LogP contribution in [0.1, 0.15) is 68.0 Å². The zero-order valence-corrected chi connectivity index (χ0v) is 26.1. The van der Waals surface area contributed by atoms with Gasteiger partial charge in [-0.05, 0) is 73.9 Å². The molecule has 0 bridgehead atoms. The number of rotatable bonds is 9. The first kappa shape index (κ1) is 32.2. The average molecular weight is 628 g/mol. The van der Waals surface area contributed by atoms with Crippen LogP contribution in [0.2, 0.25) is 0 Å². The van der Waals surface area contributed by atoms with Gasteiger partial charge in [0.25, 0.3) is 11.5 Å². The van der Waals surface area contributed by atoms with Crippen LogP contribution >= 0.6 is 0 Å². The number of fused-ring (bicyclic) bond motifs is 1. The van der Waals surface area contributed by atoms with Gasteiger partial charge in [0.1, 0.15) is 11.7 Å². The summed E-state index contributed by atoms with van der Waals surface area (Å²) in [4.78, 5) is 65.7. The van der Waals surface area contributed by atoms with Crippen LogP contribution < -0.4 is 27.2 Å². The Kier molecular flexibility index (Phi) is 9.38. The van der Waals surface area contributed by atoms with E-state index in [-0.39, 0.29) is 24.9 Å². The summed E-state index contributed by atoms with van der Waals surface area (Å²) in [5.74, 6) is -1.90. The largest absolute Gasteiger partial charge is 0.436 e. The van der Waals surface area contributed by atoms with Crippen molar-refractivity contribution in [1.29, 1.82) is 0 Å². The first-order chi connectivity index (χ1) is 21.9. The average Bonchev–Trinajstić information content (AvgIpc) is 2.99. The summed E-state index contributed by atoms with van der Waals surface area (Å²) in [5.41, 5.74) is 0.913. The Hall–Kier alpha value is -5.23. The second-order valence-electron chi connectivity index (χ2n) is 11.7. The number of nitrogens with one attached hydrogen (secondary N) is 3. The lowest BCUT2D eigenvalue weighted by Crippen LogP contribution is -2.51. The number of cyclic esters (lactones) is 1. The SMILES string of the molecule is CCC(C(=O)N[C@H]1CC(=O)OC(O)C1)n1c(=O)c(NC(=O)c2ccc(Nc3ccc4ccccc4c3)cc2C)cn(C(C)C)c1=O. The summed E-state index contributed by atoms with van der Waals surface area (Å²) in [6, 6.07) is 16.9. The number of aromatic nitrogens is 2. The molecule has 1 fully saturated rings. The molecule has 2 heterocycles. The lowest BCUT2D eigenvalue weighted by Gasteiger charge is -2.28. The van der Waals surface area contributed by atoms with Gasteiger partial charge < -0.3 is 25.8 Å². The van der Waals surface area contributed by atoms with Gasteiger partial charge in [0.05, 0.1) is 6.42 Å². The maximum Gasteiger partial charge on any atom is 0.332 e. The third-order valence-electron chi connectivity index (χ3n) is 7.97. The summed E-state index contributed by atoms with van der Waals surface area (Å²) in [5, 5.41) is 20.6. The van der Waals surface area contributed by atoms with E-state index in [1.165, 1.54) is 10.8 Å². The van der Waals surface area contributed by atoms with Crippen molar-refractivity contribution in [3.63, 3.8) is 0 Å². The third kappa shape index (κ3) is 6.86. The molecule has 1 aromatic heterocycles. The van der Waals surface area contributed by atoms with E-state index in [4.69, 9.17) is 4.74 Å². The van der Waals surface area contributed by atoms with Crippen LogP contribution in [0.3, 0.4) is 0 Å². The highest BCUT2D eigenvalue weighted by atomic mass is 16.6. The van der Waals surface area contributed by atoms with E-state index in [0.717, 1.165) is 26.7 Å². The van der Waals surface area contributed by atoms with Crippen molar-refractivity contribution in [3.8, 4) is 0 Å². The van der Waals surface area contributed by atoms with Crippen LogP contribution in [0.5, 0.6) is 0 Å². The lowest BCUT2D eigenvalue weighted by molar-refractivity contribution is -0.178. The third-order valence-corrected chi connectivity index (χ3v) is 7.97. The molecule has 12 heteroatoms. The molecule has 2 amide bonds. The van der Waals surface area contributed by atoms with Crippen LogP contribution in [0.4, 0.5) is 17.1 Å². The van der Waals surface area contributed by atoms with Crippen molar-refractivity contribution < 1.29 is 24.2 Å². The Morgan fingerprint density at radius 1 is 1.00 bits per heavy atom. The second kappa shape index (κ2) is 13.4. The number of ether oxygens (including phenoxy) is 1. The monoisotopic (exact) mass is 627 g/mol. The predicted molar refractivity (Wildman–Crippen MR) is 174 cm³/mol. The van der Waals surface area contributed by atoms with Crippen molar-refractivity contribution >= 4 is 45.6 Å². The Bertz CT molecular complexity index is 1930. The summed E-state index contributed by atoms with van der Waals surface area (Å²) in [6.45, 7) is 6.90. The highest BCUT2D eigenvalue weighted by Gasteiger charge is 2.32. The highest BCUT2D eigenvalue weighted by molar-refractivity contribution is 6.05. The van der Waals surface area contributed by atoms with E-state index in [1.54, 1.807) is 39.8 Å². The molecule has 1 aliphatic rings. The van der Waals surface area contributed by atoms with Gasteiger partial charge in [-0.1, -0.05) is 37.3 Å². The van der Waals surface area contributed by atoms with Gasteiger partial charge in [-0.3, -0.25) is 23.7 Å². The molecule has 0 radical (unpaired) electrons. The molecule has 0 aliphatic carbocycles. The maximum atomic E-state index is 13.7. The zero-order valence-electron chi connectivity index (χ0n) is 26.1. The van der Waals surface area contributed by atoms with Gasteiger partial charge >= 0.3 is 11.7 Å². The normalized spacial score (nSPS) is 17.0. The Morgan fingerprint density at radius 3 is 2.37 bits per heavy atom. The summed E-state index contributed by atoms with van der Waals surface area (Å²) < 4.78 is 6.81. The van der Waals surface area contributed by atoms with E-state index in [0.29, 0.717) is 11.1 Å². The number of anilines is 3. The molecule has 5 rings (SSSR count). The minimum atomic E-state index is -1.36. The van der Waals surface area contributed by atoms with Gasteiger partial charge in [-0.15, -0.1) is 0 Å². The number of esters is 1. The summed E-state index contributed by atoms with van der Waals surface area (Å²) >= 11 is 0. The number of carbonyl (C=O) groups is 3. The second-order valence-corrected chi connectivity index (χ2v) is 11.7. The lowest BCUT2D eigenvalue weighted by atomic mass is 10.1. The number of aliphatic hydroxyl groups excluding tert-OH is 1. The molecule has 3 atom stereocenters. The molecule has 46 heavy (non-hydrogen) atoms. The molecule has 3 aromatic carbocycles. The fourth-order valence-electron chi connectivity index (χ4n) is 5.61. The molecule has 1 aliphatic heterocycles. The van der Waals surface area contributed by atoms with E-state index in [2.05, 4.69) is 16.0 Å². The number of amides is 2. The highest BCUT2D eigenvalue weighted by Crippen LogP contribution is 2.24. The number of hydrogen-bond acceptors (Lipinski definition) is 8. The molecule has 2 unspecified atom stereocenters. The van der Waals surface area contributed by atoms with Crippen molar-refractivity contribution in [3.05, 3.63) is 98.8 Å². The number of hydrogen-bond donors (Lipinski definition) is 4. The molecule has 4 aromatic rings. The van der Waals surface area contributed by atoms with Crippen LogP contribution in [0.15, 0.2) is 76.4 Å². The molecule has 12 nitrogen and oxygen atoms in total. The number of carbonyl (C=O) groups excluding carboxylic acids is 3. The number of benzene rings is 3. The van der Waals surface area contributed by atoms with Gasteiger partial charge in [0, 0.05) is 41.6 Å². The van der Waals surface area contributed by atoms with Gasteiger partial charge in [0.2, 0.25) is 12.2 Å². The van der Waals surface area contributed by atoms with Gasteiger partial charge in [0.15, 0.2) is 0 Å². The molecule has 4 N–H and O–H groups in total. The topological polar surface area (TPSA) is 161 Å². The van der Waals surface area contributed by atoms with E-state index in [9.17, 15) is 29.1 Å². The van der Waals surface area contributed by atoms with Gasteiger partial charge in [-0.25, -0.2) is 9.36 Å². The Balaban J connectivity index is 1.40. The summed E-state index contributed by atoms with van der Waals surface area (Å²) in [7, 11) is 0. The van der Waals surface area contributed by atoms with Crippen LogP contribution in [0.25, 0.3) is 10.8 Å². The number of aliphatic hydroxyl groups is 1. The Labute approximate surface area is 265 Å². The molecule has 1 saturated heterocycles. The van der Waals surface area contributed by atoms with E-state index >= 15 is 0 Å². The quantitative estimate of drug-likeness (QED) is 0.202. The fourth-order valence-corrected chi connectivity index (χ4v) is 5.61. The smallest absolute Gasteiger partial charge is 0.332 e. The summed E-state index contributed by atoms with van der Waals surface area (Å²) in [6.07, 6.45) is -0.187. The van der Waals surface area contributed by atoms with Crippen LogP contribution in [-0.4, -0.2) is 44.4 Å². The molecule has 240 valence electrons. The zero-order chi connectivity index (χ0) is 33.1.